The fourth-order valence-electron chi connectivity index (χ4n) is 2.85. The first kappa shape index (κ1) is 23.6. The van der Waals surface area contributed by atoms with Crippen molar-refractivity contribution in [3.8, 4) is 17.2 Å². The molecule has 1 amide bonds. The van der Waals surface area contributed by atoms with E-state index in [1.54, 1.807) is 30.3 Å². The van der Waals surface area contributed by atoms with Crippen LogP contribution >= 0.6 is 27.5 Å². The molecule has 0 unspecified atom stereocenters. The van der Waals surface area contributed by atoms with Gasteiger partial charge in [0, 0.05) is 15.1 Å². The Morgan fingerprint density at radius 3 is 2.59 bits per heavy atom. The molecule has 0 aliphatic heterocycles. The third-order valence-corrected chi connectivity index (χ3v) is 5.26. The van der Waals surface area contributed by atoms with Crippen LogP contribution in [-0.4, -0.2) is 25.8 Å². The van der Waals surface area contributed by atoms with Crippen LogP contribution in [0.1, 0.15) is 28.4 Å². The van der Waals surface area contributed by atoms with Crippen molar-refractivity contribution in [2.45, 2.75) is 13.5 Å². The molecule has 32 heavy (non-hydrogen) atoms. The van der Waals surface area contributed by atoms with Gasteiger partial charge >= 0.3 is 0 Å². The highest BCUT2D eigenvalue weighted by Crippen LogP contribution is 2.29. The van der Waals surface area contributed by atoms with Crippen LogP contribution in [0.15, 0.2) is 70.2 Å². The molecule has 0 bridgehead atoms. The van der Waals surface area contributed by atoms with Crippen molar-refractivity contribution in [3.05, 3.63) is 86.8 Å². The van der Waals surface area contributed by atoms with Crippen LogP contribution in [-0.2, 0) is 6.61 Å². The molecular weight excluding hydrogens is 496 g/mol. The maximum Gasteiger partial charge on any atom is 0.275 e. The summed E-state index contributed by atoms with van der Waals surface area (Å²) in [6.45, 7) is 2.68. The zero-order chi connectivity index (χ0) is 22.9. The number of rotatable bonds is 9. The molecule has 0 heterocycles. The molecule has 0 aliphatic rings. The van der Waals surface area contributed by atoms with E-state index in [-0.39, 0.29) is 5.91 Å². The number of nitrogens with zero attached hydrogens (tertiary/aromatic N) is 1. The van der Waals surface area contributed by atoms with Gasteiger partial charge in [0.05, 0.1) is 25.5 Å². The van der Waals surface area contributed by atoms with Crippen molar-refractivity contribution in [2.75, 3.05) is 13.7 Å². The molecule has 6 nitrogen and oxygen atoms in total. The Morgan fingerprint density at radius 1 is 1.06 bits per heavy atom. The number of hydrogen-bond acceptors (Lipinski definition) is 5. The maximum absolute atomic E-state index is 12.5. The lowest BCUT2D eigenvalue weighted by atomic mass is 10.2. The summed E-state index contributed by atoms with van der Waals surface area (Å²) in [5.74, 6) is 1.24. The Labute approximate surface area is 200 Å². The highest BCUT2D eigenvalue weighted by atomic mass is 79.9. The molecule has 0 radical (unpaired) electrons. The van der Waals surface area contributed by atoms with E-state index >= 15 is 0 Å². The number of hydrogen-bond donors (Lipinski definition) is 1. The van der Waals surface area contributed by atoms with E-state index in [0.29, 0.717) is 41.0 Å². The van der Waals surface area contributed by atoms with Gasteiger partial charge in [-0.15, -0.1) is 0 Å². The number of hydrazone groups is 1. The smallest absolute Gasteiger partial charge is 0.275 e. The van der Waals surface area contributed by atoms with Gasteiger partial charge in [-0.1, -0.05) is 45.7 Å². The minimum atomic E-state index is -0.385. The molecule has 0 aliphatic carbocycles. The van der Waals surface area contributed by atoms with Crippen LogP contribution in [0, 0.1) is 0 Å². The summed E-state index contributed by atoms with van der Waals surface area (Å²) in [4.78, 5) is 12.5. The van der Waals surface area contributed by atoms with Crippen molar-refractivity contribution in [1.29, 1.82) is 0 Å². The summed E-state index contributed by atoms with van der Waals surface area (Å²) < 4.78 is 17.6. The van der Waals surface area contributed by atoms with E-state index in [9.17, 15) is 4.79 Å². The number of carbonyl (C=O) groups is 1. The molecule has 0 saturated carbocycles. The third-order valence-electron chi connectivity index (χ3n) is 4.39. The largest absolute Gasteiger partial charge is 0.496 e. The summed E-state index contributed by atoms with van der Waals surface area (Å²) in [7, 11) is 1.51. The normalized spacial score (nSPS) is 10.8. The van der Waals surface area contributed by atoms with Gasteiger partial charge in [0.2, 0.25) is 0 Å². The van der Waals surface area contributed by atoms with Crippen LogP contribution in [0.3, 0.4) is 0 Å². The van der Waals surface area contributed by atoms with Crippen molar-refractivity contribution < 1.29 is 19.0 Å². The number of methoxy groups -OCH3 is 1. The van der Waals surface area contributed by atoms with E-state index in [0.717, 1.165) is 15.6 Å². The molecular formula is C24H22BrClN2O4. The Kier molecular flexibility index (Phi) is 8.53. The number of benzene rings is 3. The molecule has 3 rings (SSSR count). The third kappa shape index (κ3) is 6.24. The first-order chi connectivity index (χ1) is 15.5. The van der Waals surface area contributed by atoms with Crippen LogP contribution < -0.4 is 19.6 Å². The standard InChI is InChI=1S/C24H22BrClN2O4/c1-3-31-23-12-16(8-10-22(23)32-15-17-6-4-5-7-20(17)26)14-27-28-24(29)19-13-18(25)9-11-21(19)30-2/h4-14H,3,15H2,1-2H3,(H,28,29)/b27-14-. The Hall–Kier alpha value is -3.03. The van der Waals surface area contributed by atoms with Gasteiger partial charge < -0.3 is 14.2 Å². The number of ether oxygens (including phenoxy) is 3. The van der Waals surface area contributed by atoms with Gasteiger partial charge in [0.25, 0.3) is 5.91 Å². The summed E-state index contributed by atoms with van der Waals surface area (Å²) in [5, 5.41) is 4.70. The number of amides is 1. The monoisotopic (exact) mass is 516 g/mol. The molecule has 0 saturated heterocycles. The van der Waals surface area contributed by atoms with Gasteiger partial charge in [0.1, 0.15) is 12.4 Å². The zero-order valence-electron chi connectivity index (χ0n) is 17.6. The fraction of sp³-hybridized carbons (Fsp3) is 0.167. The lowest BCUT2D eigenvalue weighted by Gasteiger charge is -2.13. The topological polar surface area (TPSA) is 69.2 Å². The van der Waals surface area contributed by atoms with Crippen LogP contribution in [0.4, 0.5) is 0 Å². The molecule has 8 heteroatoms. The molecule has 1 N–H and O–H groups in total. The SMILES string of the molecule is CCOc1cc(/C=N\NC(=O)c2cc(Br)ccc2OC)ccc1OCc1ccccc1Cl. The minimum Gasteiger partial charge on any atom is -0.496 e. The quantitative estimate of drug-likeness (QED) is 0.285. The first-order valence-electron chi connectivity index (χ1n) is 9.81. The highest BCUT2D eigenvalue weighted by molar-refractivity contribution is 9.10. The van der Waals surface area contributed by atoms with Gasteiger partial charge in [-0.25, -0.2) is 5.43 Å². The zero-order valence-corrected chi connectivity index (χ0v) is 19.9. The second-order valence-electron chi connectivity index (χ2n) is 6.56. The van der Waals surface area contributed by atoms with Crippen molar-refractivity contribution >= 4 is 39.7 Å². The van der Waals surface area contributed by atoms with Crippen LogP contribution in [0.5, 0.6) is 17.2 Å². The van der Waals surface area contributed by atoms with E-state index in [1.807, 2.05) is 37.3 Å². The van der Waals surface area contributed by atoms with Gasteiger partial charge in [-0.2, -0.15) is 5.10 Å². The summed E-state index contributed by atoms with van der Waals surface area (Å²) in [5.41, 5.74) is 4.50. The van der Waals surface area contributed by atoms with E-state index in [2.05, 4.69) is 26.5 Å². The minimum absolute atomic E-state index is 0.317. The van der Waals surface area contributed by atoms with E-state index in [1.165, 1.54) is 13.3 Å². The molecule has 0 aromatic heterocycles. The van der Waals surface area contributed by atoms with Crippen molar-refractivity contribution in [3.63, 3.8) is 0 Å². The first-order valence-corrected chi connectivity index (χ1v) is 11.0. The molecule has 3 aromatic carbocycles. The fourth-order valence-corrected chi connectivity index (χ4v) is 3.40. The molecule has 0 fully saturated rings. The Balaban J connectivity index is 1.69. The summed E-state index contributed by atoms with van der Waals surface area (Å²) >= 11 is 9.55. The van der Waals surface area contributed by atoms with E-state index in [4.69, 9.17) is 25.8 Å². The Bertz CT molecular complexity index is 1120. The maximum atomic E-state index is 12.5. The second kappa shape index (κ2) is 11.5. The lowest BCUT2D eigenvalue weighted by molar-refractivity contribution is 0.0952. The summed E-state index contributed by atoms with van der Waals surface area (Å²) in [6, 6.07) is 18.1. The number of nitrogens with one attached hydrogen (secondary N) is 1. The number of halogens is 2. The predicted molar refractivity (Wildman–Crippen MR) is 129 cm³/mol. The molecule has 3 aromatic rings. The predicted octanol–water partition coefficient (Wildman–Crippen LogP) is 5.85. The van der Waals surface area contributed by atoms with Crippen LogP contribution in [0.2, 0.25) is 5.02 Å². The summed E-state index contributed by atoms with van der Waals surface area (Å²) in [6.07, 6.45) is 1.53. The number of carbonyl (C=O) groups excluding carboxylic acids is 1. The molecule has 0 atom stereocenters. The van der Waals surface area contributed by atoms with Crippen LogP contribution in [0.25, 0.3) is 0 Å². The average molecular weight is 518 g/mol. The Morgan fingerprint density at radius 2 is 1.84 bits per heavy atom. The molecule has 0 spiro atoms. The van der Waals surface area contributed by atoms with Gasteiger partial charge in [-0.3, -0.25) is 4.79 Å². The van der Waals surface area contributed by atoms with E-state index < -0.39 is 0 Å². The highest BCUT2D eigenvalue weighted by Gasteiger charge is 2.12. The van der Waals surface area contributed by atoms with Gasteiger partial charge in [0.15, 0.2) is 11.5 Å². The van der Waals surface area contributed by atoms with Gasteiger partial charge in [-0.05, 0) is 55.0 Å². The second-order valence-corrected chi connectivity index (χ2v) is 7.89. The van der Waals surface area contributed by atoms with Crippen molar-refractivity contribution in [1.82, 2.24) is 5.43 Å². The lowest BCUT2D eigenvalue weighted by Crippen LogP contribution is -2.18. The average Bonchev–Trinajstić information content (AvgIpc) is 2.79. The van der Waals surface area contributed by atoms with Crippen molar-refractivity contribution in [2.24, 2.45) is 5.10 Å². The molecule has 166 valence electrons.